The molecule has 0 fully saturated rings. The SMILES string of the molecule is O=C(c1ccco1)N(Cc1ccccc1Br)c1ccccc1Br. The first-order chi connectivity index (χ1) is 11.2. The molecule has 0 atom stereocenters. The van der Waals surface area contributed by atoms with Crippen LogP contribution in [0, 0.1) is 0 Å². The maximum Gasteiger partial charge on any atom is 0.294 e. The summed E-state index contributed by atoms with van der Waals surface area (Å²) in [5.74, 6) is 0.130. The van der Waals surface area contributed by atoms with Crippen molar-refractivity contribution < 1.29 is 9.21 Å². The van der Waals surface area contributed by atoms with Crippen LogP contribution < -0.4 is 4.90 Å². The summed E-state index contributed by atoms with van der Waals surface area (Å²) in [4.78, 5) is 14.6. The quantitative estimate of drug-likeness (QED) is 0.531. The molecule has 1 aromatic heterocycles. The molecule has 0 N–H and O–H groups in total. The van der Waals surface area contributed by atoms with Gasteiger partial charge in [-0.25, -0.2) is 0 Å². The fraction of sp³-hybridized carbons (Fsp3) is 0.0556. The molecule has 23 heavy (non-hydrogen) atoms. The molecule has 0 aliphatic heterocycles. The Morgan fingerprint density at radius 1 is 0.913 bits per heavy atom. The van der Waals surface area contributed by atoms with E-state index in [1.54, 1.807) is 17.0 Å². The van der Waals surface area contributed by atoms with Gasteiger partial charge in [0, 0.05) is 8.95 Å². The van der Waals surface area contributed by atoms with E-state index >= 15 is 0 Å². The second kappa shape index (κ2) is 7.15. The largest absolute Gasteiger partial charge is 0.459 e. The maximum atomic E-state index is 12.9. The van der Waals surface area contributed by atoms with Crippen LogP contribution in [0.5, 0.6) is 0 Å². The van der Waals surface area contributed by atoms with Crippen molar-refractivity contribution in [3.63, 3.8) is 0 Å². The van der Waals surface area contributed by atoms with Crippen LogP contribution >= 0.6 is 31.9 Å². The maximum absolute atomic E-state index is 12.9. The van der Waals surface area contributed by atoms with Crippen molar-refractivity contribution in [1.29, 1.82) is 0 Å². The summed E-state index contributed by atoms with van der Waals surface area (Å²) >= 11 is 7.06. The van der Waals surface area contributed by atoms with Gasteiger partial charge in [-0.1, -0.05) is 46.3 Å². The zero-order valence-electron chi connectivity index (χ0n) is 12.1. The molecule has 116 valence electrons. The number of para-hydroxylation sites is 1. The van der Waals surface area contributed by atoms with Crippen LogP contribution in [-0.4, -0.2) is 5.91 Å². The second-order valence-corrected chi connectivity index (χ2v) is 6.62. The summed E-state index contributed by atoms with van der Waals surface area (Å²) in [5.41, 5.74) is 1.81. The van der Waals surface area contributed by atoms with Gasteiger partial charge < -0.3 is 9.32 Å². The first-order valence-corrected chi connectivity index (χ1v) is 8.58. The predicted molar refractivity (Wildman–Crippen MR) is 97.5 cm³/mol. The highest BCUT2D eigenvalue weighted by atomic mass is 79.9. The summed E-state index contributed by atoms with van der Waals surface area (Å²) in [5, 5.41) is 0. The Morgan fingerprint density at radius 3 is 2.26 bits per heavy atom. The van der Waals surface area contributed by atoms with Crippen molar-refractivity contribution in [2.24, 2.45) is 0 Å². The lowest BCUT2D eigenvalue weighted by atomic mass is 10.2. The lowest BCUT2D eigenvalue weighted by molar-refractivity contribution is 0.0958. The number of hydrogen-bond acceptors (Lipinski definition) is 2. The fourth-order valence-electron chi connectivity index (χ4n) is 2.27. The van der Waals surface area contributed by atoms with Gasteiger partial charge in [0.15, 0.2) is 5.76 Å². The van der Waals surface area contributed by atoms with Crippen molar-refractivity contribution in [2.75, 3.05) is 4.90 Å². The molecule has 3 nitrogen and oxygen atoms in total. The average Bonchev–Trinajstić information content (AvgIpc) is 3.09. The van der Waals surface area contributed by atoms with Gasteiger partial charge in [0.25, 0.3) is 5.91 Å². The molecule has 0 saturated carbocycles. The van der Waals surface area contributed by atoms with Crippen molar-refractivity contribution >= 4 is 43.5 Å². The summed E-state index contributed by atoms with van der Waals surface area (Å²) in [7, 11) is 0. The van der Waals surface area contributed by atoms with Crippen LogP contribution in [0.2, 0.25) is 0 Å². The van der Waals surface area contributed by atoms with E-state index in [4.69, 9.17) is 4.42 Å². The van der Waals surface area contributed by atoms with Gasteiger partial charge in [-0.15, -0.1) is 0 Å². The predicted octanol–water partition coefficient (Wildman–Crippen LogP) is 5.65. The van der Waals surface area contributed by atoms with E-state index in [1.807, 2.05) is 48.5 Å². The molecule has 0 unspecified atom stereocenters. The third kappa shape index (κ3) is 3.57. The number of amides is 1. The van der Waals surface area contributed by atoms with E-state index in [0.717, 1.165) is 20.2 Å². The summed E-state index contributed by atoms with van der Waals surface area (Å²) in [6.07, 6.45) is 1.50. The lowest BCUT2D eigenvalue weighted by Gasteiger charge is -2.23. The van der Waals surface area contributed by atoms with E-state index in [-0.39, 0.29) is 5.91 Å². The van der Waals surface area contributed by atoms with E-state index in [0.29, 0.717) is 12.3 Å². The number of anilines is 1. The summed E-state index contributed by atoms with van der Waals surface area (Å²) in [6.45, 7) is 0.434. The highest BCUT2D eigenvalue weighted by Gasteiger charge is 2.22. The van der Waals surface area contributed by atoms with Crippen LogP contribution in [0.4, 0.5) is 5.69 Å². The van der Waals surface area contributed by atoms with Crippen LogP contribution in [0.15, 0.2) is 80.3 Å². The molecular weight excluding hydrogens is 422 g/mol. The third-order valence-electron chi connectivity index (χ3n) is 3.41. The van der Waals surface area contributed by atoms with Crippen LogP contribution in [0.3, 0.4) is 0 Å². The van der Waals surface area contributed by atoms with Crippen LogP contribution in [0.1, 0.15) is 16.1 Å². The summed E-state index contributed by atoms with van der Waals surface area (Å²) < 4.78 is 7.10. The standard InChI is InChI=1S/C18H13Br2NO2/c19-14-7-2-1-6-13(14)12-21(16-9-4-3-8-15(16)20)18(22)17-10-5-11-23-17/h1-11H,12H2. The van der Waals surface area contributed by atoms with Gasteiger partial charge in [-0.05, 0) is 51.8 Å². The molecule has 5 heteroatoms. The van der Waals surface area contributed by atoms with E-state index in [1.165, 1.54) is 6.26 Å². The van der Waals surface area contributed by atoms with Crippen LogP contribution in [-0.2, 0) is 6.54 Å². The minimum absolute atomic E-state index is 0.183. The molecule has 0 bridgehead atoms. The van der Waals surface area contributed by atoms with Gasteiger partial charge in [-0.3, -0.25) is 4.79 Å². The van der Waals surface area contributed by atoms with E-state index < -0.39 is 0 Å². The molecule has 1 heterocycles. The van der Waals surface area contributed by atoms with Crippen molar-refractivity contribution in [2.45, 2.75) is 6.54 Å². The topological polar surface area (TPSA) is 33.5 Å². The molecule has 3 aromatic rings. The molecule has 2 aromatic carbocycles. The highest BCUT2D eigenvalue weighted by molar-refractivity contribution is 9.11. The Bertz CT molecular complexity index is 815. The molecule has 0 aliphatic rings. The monoisotopic (exact) mass is 433 g/mol. The van der Waals surface area contributed by atoms with Crippen LogP contribution in [0.25, 0.3) is 0 Å². The average molecular weight is 435 g/mol. The van der Waals surface area contributed by atoms with Crippen molar-refractivity contribution in [3.8, 4) is 0 Å². The highest BCUT2D eigenvalue weighted by Crippen LogP contribution is 2.30. The van der Waals surface area contributed by atoms with Gasteiger partial charge in [0.2, 0.25) is 0 Å². The number of nitrogens with zero attached hydrogens (tertiary/aromatic N) is 1. The Morgan fingerprint density at radius 2 is 1.61 bits per heavy atom. The molecule has 3 rings (SSSR count). The second-order valence-electron chi connectivity index (χ2n) is 4.91. The number of benzene rings is 2. The Kier molecular flexibility index (Phi) is 4.98. The zero-order valence-corrected chi connectivity index (χ0v) is 15.2. The molecule has 1 amide bonds. The van der Waals surface area contributed by atoms with Gasteiger partial charge in [0.05, 0.1) is 18.5 Å². The van der Waals surface area contributed by atoms with Crippen molar-refractivity contribution in [1.82, 2.24) is 0 Å². The van der Waals surface area contributed by atoms with Gasteiger partial charge >= 0.3 is 0 Å². The Balaban J connectivity index is 2.02. The third-order valence-corrected chi connectivity index (χ3v) is 4.85. The first-order valence-electron chi connectivity index (χ1n) is 7.00. The minimum Gasteiger partial charge on any atom is -0.459 e. The Labute approximate surface area is 151 Å². The summed E-state index contributed by atoms with van der Waals surface area (Å²) in [6, 6.07) is 18.9. The number of hydrogen-bond donors (Lipinski definition) is 0. The normalized spacial score (nSPS) is 10.5. The van der Waals surface area contributed by atoms with E-state index in [2.05, 4.69) is 31.9 Å². The number of rotatable bonds is 4. The molecule has 0 saturated heterocycles. The first kappa shape index (κ1) is 16.0. The van der Waals surface area contributed by atoms with Gasteiger partial charge in [-0.2, -0.15) is 0 Å². The number of carbonyl (C=O) groups is 1. The number of carbonyl (C=O) groups excluding carboxylic acids is 1. The number of halogens is 2. The zero-order chi connectivity index (χ0) is 16.2. The molecular formula is C18H13Br2NO2. The number of furan rings is 1. The van der Waals surface area contributed by atoms with Gasteiger partial charge in [0.1, 0.15) is 0 Å². The minimum atomic E-state index is -0.183. The fourth-order valence-corrected chi connectivity index (χ4v) is 3.18. The molecule has 0 radical (unpaired) electrons. The smallest absolute Gasteiger partial charge is 0.294 e. The van der Waals surface area contributed by atoms with E-state index in [9.17, 15) is 4.79 Å². The molecule has 0 spiro atoms. The lowest BCUT2D eigenvalue weighted by Crippen LogP contribution is -2.30. The Hall–Kier alpha value is -1.85. The van der Waals surface area contributed by atoms with Crippen molar-refractivity contribution in [3.05, 3.63) is 87.2 Å². The molecule has 0 aliphatic carbocycles.